The SMILES string of the molecule is O=C(CNCCCOCC1CC1)Nc1c(F)cccc1F. The van der Waals surface area contributed by atoms with Gasteiger partial charge in [-0.15, -0.1) is 0 Å². The first kappa shape index (κ1) is 15.9. The van der Waals surface area contributed by atoms with Crippen LogP contribution in [0.3, 0.4) is 0 Å². The van der Waals surface area contributed by atoms with Gasteiger partial charge in [0.15, 0.2) is 0 Å². The highest BCUT2D eigenvalue weighted by Gasteiger charge is 2.20. The zero-order chi connectivity index (χ0) is 15.1. The summed E-state index contributed by atoms with van der Waals surface area (Å²) >= 11 is 0. The fourth-order valence-corrected chi connectivity index (χ4v) is 1.84. The van der Waals surface area contributed by atoms with E-state index in [1.54, 1.807) is 0 Å². The molecule has 0 spiro atoms. The number of nitrogens with one attached hydrogen (secondary N) is 2. The van der Waals surface area contributed by atoms with Crippen molar-refractivity contribution in [2.45, 2.75) is 19.3 Å². The average Bonchev–Trinajstić information content (AvgIpc) is 3.26. The number of carbonyl (C=O) groups is 1. The first-order valence-corrected chi connectivity index (χ1v) is 7.19. The van der Waals surface area contributed by atoms with Gasteiger partial charge in [0, 0.05) is 13.2 Å². The number of rotatable bonds is 9. The molecule has 0 atom stereocenters. The Hall–Kier alpha value is -1.53. The summed E-state index contributed by atoms with van der Waals surface area (Å²) in [6.07, 6.45) is 3.34. The minimum atomic E-state index is -0.781. The molecule has 21 heavy (non-hydrogen) atoms. The molecule has 0 saturated heterocycles. The van der Waals surface area contributed by atoms with E-state index in [9.17, 15) is 13.6 Å². The fraction of sp³-hybridized carbons (Fsp3) is 0.533. The molecule has 0 radical (unpaired) electrons. The van der Waals surface area contributed by atoms with E-state index in [4.69, 9.17) is 4.74 Å². The molecule has 1 aromatic rings. The Morgan fingerprint density at radius 2 is 2.00 bits per heavy atom. The number of carbonyl (C=O) groups excluding carboxylic acids is 1. The van der Waals surface area contributed by atoms with Crippen LogP contribution in [0, 0.1) is 17.6 Å². The van der Waals surface area contributed by atoms with Crippen LogP contribution in [-0.2, 0) is 9.53 Å². The molecule has 1 aromatic carbocycles. The van der Waals surface area contributed by atoms with Crippen molar-refractivity contribution in [3.05, 3.63) is 29.8 Å². The number of hydrogen-bond acceptors (Lipinski definition) is 3. The topological polar surface area (TPSA) is 50.4 Å². The Morgan fingerprint density at radius 3 is 2.67 bits per heavy atom. The predicted molar refractivity (Wildman–Crippen MR) is 76.0 cm³/mol. The minimum Gasteiger partial charge on any atom is -0.381 e. The van der Waals surface area contributed by atoms with E-state index in [1.165, 1.54) is 18.9 Å². The average molecular weight is 298 g/mol. The van der Waals surface area contributed by atoms with Crippen LogP contribution < -0.4 is 10.6 Å². The van der Waals surface area contributed by atoms with Crippen LogP contribution >= 0.6 is 0 Å². The van der Waals surface area contributed by atoms with E-state index in [-0.39, 0.29) is 6.54 Å². The standard InChI is InChI=1S/C15H20F2N2O2/c16-12-3-1-4-13(17)15(12)19-14(20)9-18-7-2-8-21-10-11-5-6-11/h1,3-4,11,18H,2,5-10H2,(H,19,20). The van der Waals surface area contributed by atoms with Crippen molar-refractivity contribution in [2.75, 3.05) is 31.6 Å². The molecule has 0 heterocycles. The molecule has 2 rings (SSSR count). The molecule has 116 valence electrons. The normalized spacial score (nSPS) is 14.2. The second kappa shape index (κ2) is 8.05. The molecule has 0 unspecified atom stereocenters. The second-order valence-electron chi connectivity index (χ2n) is 5.19. The first-order valence-electron chi connectivity index (χ1n) is 7.19. The van der Waals surface area contributed by atoms with E-state index in [1.807, 2.05) is 0 Å². The van der Waals surface area contributed by atoms with Crippen molar-refractivity contribution in [1.82, 2.24) is 5.32 Å². The summed E-state index contributed by atoms with van der Waals surface area (Å²) in [6, 6.07) is 3.45. The molecule has 1 aliphatic carbocycles. The summed E-state index contributed by atoms with van der Waals surface area (Å²) in [5.74, 6) is -1.29. The van der Waals surface area contributed by atoms with Crippen LogP contribution in [0.25, 0.3) is 0 Å². The summed E-state index contributed by atoms with van der Waals surface area (Å²) in [5.41, 5.74) is -0.405. The van der Waals surface area contributed by atoms with E-state index in [0.29, 0.717) is 13.2 Å². The second-order valence-corrected chi connectivity index (χ2v) is 5.19. The van der Waals surface area contributed by atoms with Crippen molar-refractivity contribution in [3.8, 4) is 0 Å². The van der Waals surface area contributed by atoms with Gasteiger partial charge in [-0.1, -0.05) is 6.07 Å². The van der Waals surface area contributed by atoms with E-state index in [2.05, 4.69) is 10.6 Å². The lowest BCUT2D eigenvalue weighted by molar-refractivity contribution is -0.115. The maximum Gasteiger partial charge on any atom is 0.238 e. The number of ether oxygens (including phenoxy) is 1. The molecular weight excluding hydrogens is 278 g/mol. The Balaban J connectivity index is 1.56. The van der Waals surface area contributed by atoms with Crippen molar-refractivity contribution in [2.24, 2.45) is 5.92 Å². The van der Waals surface area contributed by atoms with Crippen LogP contribution in [-0.4, -0.2) is 32.2 Å². The van der Waals surface area contributed by atoms with Gasteiger partial charge < -0.3 is 15.4 Å². The molecule has 4 nitrogen and oxygen atoms in total. The largest absolute Gasteiger partial charge is 0.381 e. The fourth-order valence-electron chi connectivity index (χ4n) is 1.84. The lowest BCUT2D eigenvalue weighted by atomic mass is 10.3. The van der Waals surface area contributed by atoms with Crippen molar-refractivity contribution in [3.63, 3.8) is 0 Å². The summed E-state index contributed by atoms with van der Waals surface area (Å²) in [7, 11) is 0. The zero-order valence-corrected chi connectivity index (χ0v) is 11.8. The van der Waals surface area contributed by atoms with Crippen LogP contribution in [0.4, 0.5) is 14.5 Å². The lowest BCUT2D eigenvalue weighted by Gasteiger charge is -2.08. The highest BCUT2D eigenvalue weighted by molar-refractivity contribution is 5.92. The molecule has 0 aliphatic heterocycles. The van der Waals surface area contributed by atoms with Crippen molar-refractivity contribution in [1.29, 1.82) is 0 Å². The molecule has 1 fully saturated rings. The molecule has 1 aliphatic rings. The summed E-state index contributed by atoms with van der Waals surface area (Å²) < 4.78 is 32.1. The first-order chi connectivity index (χ1) is 10.2. The molecule has 1 amide bonds. The van der Waals surface area contributed by atoms with Crippen LogP contribution in [0.5, 0.6) is 0 Å². The highest BCUT2D eigenvalue weighted by atomic mass is 19.1. The number of halogens is 2. The van der Waals surface area contributed by atoms with Crippen molar-refractivity contribution >= 4 is 11.6 Å². The maximum absolute atomic E-state index is 13.3. The number of benzene rings is 1. The monoisotopic (exact) mass is 298 g/mol. The van der Waals surface area contributed by atoms with E-state index < -0.39 is 23.2 Å². The Kier molecular flexibility index (Phi) is 6.07. The third-order valence-corrected chi connectivity index (χ3v) is 3.21. The zero-order valence-electron chi connectivity index (χ0n) is 11.8. The van der Waals surface area contributed by atoms with E-state index >= 15 is 0 Å². The molecule has 0 aromatic heterocycles. The van der Waals surface area contributed by atoms with Crippen molar-refractivity contribution < 1.29 is 18.3 Å². The van der Waals surface area contributed by atoms with Gasteiger partial charge in [-0.2, -0.15) is 0 Å². The van der Waals surface area contributed by atoms with Crippen LogP contribution in [0.1, 0.15) is 19.3 Å². The quantitative estimate of drug-likeness (QED) is 0.688. The summed E-state index contributed by atoms with van der Waals surface area (Å²) in [4.78, 5) is 11.6. The van der Waals surface area contributed by atoms with Gasteiger partial charge in [0.2, 0.25) is 5.91 Å². The summed E-state index contributed by atoms with van der Waals surface area (Å²) in [5, 5.41) is 5.13. The summed E-state index contributed by atoms with van der Waals surface area (Å²) in [6.45, 7) is 2.12. The molecule has 6 heteroatoms. The number of para-hydroxylation sites is 1. The van der Waals surface area contributed by atoms with Gasteiger partial charge in [-0.25, -0.2) is 8.78 Å². The highest BCUT2D eigenvalue weighted by Crippen LogP contribution is 2.28. The minimum absolute atomic E-state index is 0.0103. The Morgan fingerprint density at radius 1 is 1.29 bits per heavy atom. The molecule has 2 N–H and O–H groups in total. The Labute approximate surface area is 122 Å². The van der Waals surface area contributed by atoms with E-state index in [0.717, 1.165) is 31.1 Å². The number of hydrogen-bond donors (Lipinski definition) is 2. The van der Waals surface area contributed by atoms with Gasteiger partial charge in [0.1, 0.15) is 17.3 Å². The van der Waals surface area contributed by atoms with Gasteiger partial charge in [-0.3, -0.25) is 4.79 Å². The lowest BCUT2D eigenvalue weighted by Crippen LogP contribution is -2.29. The Bertz CT molecular complexity index is 458. The van der Waals surface area contributed by atoms with Gasteiger partial charge in [0.05, 0.1) is 6.54 Å². The molecular formula is C15H20F2N2O2. The van der Waals surface area contributed by atoms with Gasteiger partial charge in [0.25, 0.3) is 0 Å². The molecule has 0 bridgehead atoms. The smallest absolute Gasteiger partial charge is 0.238 e. The number of anilines is 1. The predicted octanol–water partition coefficient (Wildman–Crippen LogP) is 2.31. The van der Waals surface area contributed by atoms with Crippen LogP contribution in [0.15, 0.2) is 18.2 Å². The maximum atomic E-state index is 13.3. The van der Waals surface area contributed by atoms with Crippen LogP contribution in [0.2, 0.25) is 0 Å². The third kappa shape index (κ3) is 5.77. The number of amides is 1. The third-order valence-electron chi connectivity index (χ3n) is 3.21. The molecule has 1 saturated carbocycles. The van der Waals surface area contributed by atoms with Gasteiger partial charge in [-0.05, 0) is 43.9 Å². The van der Waals surface area contributed by atoms with Gasteiger partial charge >= 0.3 is 0 Å².